The van der Waals surface area contributed by atoms with Crippen molar-refractivity contribution in [1.29, 1.82) is 0 Å². The molecule has 1 heterocycles. The summed E-state index contributed by atoms with van der Waals surface area (Å²) in [5.74, 6) is 0.501. The lowest BCUT2D eigenvalue weighted by Crippen LogP contribution is -2.06. The highest BCUT2D eigenvalue weighted by Gasteiger charge is 2.07. The maximum absolute atomic E-state index is 11.6. The lowest BCUT2D eigenvalue weighted by atomic mass is 10.2. The third kappa shape index (κ3) is 3.26. The number of benzene rings is 2. The van der Waals surface area contributed by atoms with Crippen molar-refractivity contribution in [2.24, 2.45) is 0 Å². The van der Waals surface area contributed by atoms with Crippen LogP contribution in [0.15, 0.2) is 57.7 Å². The van der Waals surface area contributed by atoms with Crippen LogP contribution >= 0.6 is 0 Å². The number of nitrogens with zero attached hydrogens (tertiary/aromatic N) is 1. The molecule has 0 aliphatic heterocycles. The molecule has 3 aromatic rings. The molecule has 24 heavy (non-hydrogen) atoms. The molecular formula is C17H13NO6. The van der Waals surface area contributed by atoms with Gasteiger partial charge in [-0.25, -0.2) is 4.79 Å². The van der Waals surface area contributed by atoms with E-state index >= 15 is 0 Å². The van der Waals surface area contributed by atoms with Gasteiger partial charge in [0.1, 0.15) is 17.9 Å². The SMILES string of the molecule is O=c1oc2cc(OCc3ccc([N+](=O)[O-])cc3)ccc2cc1CO. The summed E-state index contributed by atoms with van der Waals surface area (Å²) < 4.78 is 10.8. The van der Waals surface area contributed by atoms with Crippen molar-refractivity contribution in [3.05, 3.63) is 80.2 Å². The molecule has 7 nitrogen and oxygen atoms in total. The maximum Gasteiger partial charge on any atom is 0.341 e. The van der Waals surface area contributed by atoms with Crippen LogP contribution in [0.2, 0.25) is 0 Å². The molecule has 0 amide bonds. The van der Waals surface area contributed by atoms with Crippen LogP contribution in [0.5, 0.6) is 5.75 Å². The average Bonchev–Trinajstić information content (AvgIpc) is 2.59. The summed E-state index contributed by atoms with van der Waals surface area (Å²) in [6, 6.07) is 12.7. The molecular weight excluding hydrogens is 314 g/mol. The second kappa shape index (κ2) is 6.51. The third-order valence-electron chi connectivity index (χ3n) is 3.50. The van der Waals surface area contributed by atoms with E-state index in [9.17, 15) is 14.9 Å². The minimum Gasteiger partial charge on any atom is -0.489 e. The Bertz CT molecular complexity index is 945. The molecule has 2 aromatic carbocycles. The van der Waals surface area contributed by atoms with Crippen LogP contribution in [0, 0.1) is 10.1 Å². The van der Waals surface area contributed by atoms with Crippen LogP contribution in [0.3, 0.4) is 0 Å². The summed E-state index contributed by atoms with van der Waals surface area (Å²) in [4.78, 5) is 21.8. The van der Waals surface area contributed by atoms with E-state index in [2.05, 4.69) is 0 Å². The molecule has 0 radical (unpaired) electrons. The molecule has 0 bridgehead atoms. The van der Waals surface area contributed by atoms with Gasteiger partial charge in [0, 0.05) is 23.6 Å². The van der Waals surface area contributed by atoms with Crippen LogP contribution in [0.4, 0.5) is 5.69 Å². The summed E-state index contributed by atoms with van der Waals surface area (Å²) >= 11 is 0. The zero-order chi connectivity index (χ0) is 17.1. The molecule has 0 atom stereocenters. The molecule has 0 saturated carbocycles. The predicted octanol–water partition coefficient (Wildman–Crippen LogP) is 2.77. The predicted molar refractivity (Wildman–Crippen MR) is 85.8 cm³/mol. The number of ether oxygens (including phenoxy) is 1. The Morgan fingerprint density at radius 3 is 2.54 bits per heavy atom. The van der Waals surface area contributed by atoms with E-state index < -0.39 is 10.5 Å². The molecule has 0 saturated heterocycles. The van der Waals surface area contributed by atoms with Gasteiger partial charge in [-0.2, -0.15) is 0 Å². The van der Waals surface area contributed by atoms with Gasteiger partial charge in [-0.15, -0.1) is 0 Å². The Kier molecular flexibility index (Phi) is 4.26. The van der Waals surface area contributed by atoms with Gasteiger partial charge in [0.15, 0.2) is 0 Å². The van der Waals surface area contributed by atoms with E-state index in [1.165, 1.54) is 12.1 Å². The number of aliphatic hydroxyl groups excluding tert-OH is 1. The number of hydrogen-bond acceptors (Lipinski definition) is 6. The quantitative estimate of drug-likeness (QED) is 0.439. The first-order chi connectivity index (χ1) is 11.6. The first kappa shape index (κ1) is 15.7. The third-order valence-corrected chi connectivity index (χ3v) is 3.50. The number of hydrogen-bond donors (Lipinski definition) is 1. The van der Waals surface area contributed by atoms with Crippen LogP contribution in [-0.2, 0) is 13.2 Å². The number of nitro benzene ring substituents is 1. The Labute approximate surface area is 135 Å². The Hall–Kier alpha value is -3.19. The van der Waals surface area contributed by atoms with Gasteiger partial charge in [-0.05, 0) is 35.9 Å². The lowest BCUT2D eigenvalue weighted by Gasteiger charge is -2.07. The second-order valence-electron chi connectivity index (χ2n) is 5.13. The fraction of sp³-hybridized carbons (Fsp3) is 0.118. The minimum atomic E-state index is -0.586. The highest BCUT2D eigenvalue weighted by molar-refractivity contribution is 5.78. The van der Waals surface area contributed by atoms with E-state index in [1.54, 1.807) is 36.4 Å². The van der Waals surface area contributed by atoms with Crippen LogP contribution in [0.25, 0.3) is 11.0 Å². The maximum atomic E-state index is 11.6. The Morgan fingerprint density at radius 1 is 1.12 bits per heavy atom. The van der Waals surface area contributed by atoms with Crippen LogP contribution in [0.1, 0.15) is 11.1 Å². The van der Waals surface area contributed by atoms with Crippen LogP contribution in [-0.4, -0.2) is 10.0 Å². The van der Waals surface area contributed by atoms with Gasteiger partial charge in [0.2, 0.25) is 0 Å². The van der Waals surface area contributed by atoms with Gasteiger partial charge in [-0.1, -0.05) is 0 Å². The minimum absolute atomic E-state index is 0.0194. The largest absolute Gasteiger partial charge is 0.489 e. The zero-order valence-corrected chi connectivity index (χ0v) is 12.5. The summed E-state index contributed by atoms with van der Waals surface area (Å²) in [6.07, 6.45) is 0. The van der Waals surface area contributed by atoms with Crippen molar-refractivity contribution in [2.75, 3.05) is 0 Å². The van der Waals surface area contributed by atoms with Crippen molar-refractivity contribution >= 4 is 16.7 Å². The standard InChI is InChI=1S/C17H13NO6/c19-9-13-7-12-3-6-15(8-16(12)24-17(13)20)23-10-11-1-4-14(5-2-11)18(21)22/h1-8,19H,9-10H2. The highest BCUT2D eigenvalue weighted by Crippen LogP contribution is 2.22. The number of rotatable bonds is 5. The average molecular weight is 327 g/mol. The number of nitro groups is 1. The van der Waals surface area contributed by atoms with Gasteiger partial charge in [-0.3, -0.25) is 10.1 Å². The molecule has 0 unspecified atom stereocenters. The fourth-order valence-corrected chi connectivity index (χ4v) is 2.21. The molecule has 1 N–H and O–H groups in total. The molecule has 122 valence electrons. The first-order valence-corrected chi connectivity index (χ1v) is 7.10. The summed E-state index contributed by atoms with van der Waals surface area (Å²) in [6.45, 7) is -0.154. The van der Waals surface area contributed by atoms with E-state index in [0.717, 1.165) is 5.56 Å². The molecule has 0 aliphatic rings. The molecule has 3 rings (SSSR count). The van der Waals surface area contributed by atoms with Crippen molar-refractivity contribution in [3.8, 4) is 5.75 Å². The number of aliphatic hydroxyl groups is 1. The smallest absolute Gasteiger partial charge is 0.341 e. The fourth-order valence-electron chi connectivity index (χ4n) is 2.21. The monoisotopic (exact) mass is 327 g/mol. The van der Waals surface area contributed by atoms with E-state index in [0.29, 0.717) is 16.7 Å². The van der Waals surface area contributed by atoms with E-state index in [-0.39, 0.29) is 24.5 Å². The van der Waals surface area contributed by atoms with E-state index in [4.69, 9.17) is 14.3 Å². The lowest BCUT2D eigenvalue weighted by molar-refractivity contribution is -0.384. The summed E-state index contributed by atoms with van der Waals surface area (Å²) in [5, 5.41) is 20.4. The molecule has 0 spiro atoms. The first-order valence-electron chi connectivity index (χ1n) is 7.10. The van der Waals surface area contributed by atoms with Gasteiger partial charge >= 0.3 is 5.63 Å². The topological polar surface area (TPSA) is 103 Å². The normalized spacial score (nSPS) is 10.7. The molecule has 1 aromatic heterocycles. The molecule has 0 fully saturated rings. The highest BCUT2D eigenvalue weighted by atomic mass is 16.6. The zero-order valence-electron chi connectivity index (χ0n) is 12.5. The van der Waals surface area contributed by atoms with Crippen LogP contribution < -0.4 is 10.4 Å². The van der Waals surface area contributed by atoms with Gasteiger partial charge in [0.05, 0.1) is 17.1 Å². The van der Waals surface area contributed by atoms with Crippen molar-refractivity contribution < 1.29 is 19.2 Å². The Balaban J connectivity index is 1.77. The molecule has 7 heteroatoms. The van der Waals surface area contributed by atoms with Crippen molar-refractivity contribution in [3.63, 3.8) is 0 Å². The van der Waals surface area contributed by atoms with Gasteiger partial charge in [0.25, 0.3) is 5.69 Å². The van der Waals surface area contributed by atoms with Gasteiger partial charge < -0.3 is 14.3 Å². The van der Waals surface area contributed by atoms with Crippen molar-refractivity contribution in [1.82, 2.24) is 0 Å². The number of non-ortho nitro benzene ring substituents is 1. The number of fused-ring (bicyclic) bond motifs is 1. The Morgan fingerprint density at radius 2 is 1.88 bits per heavy atom. The van der Waals surface area contributed by atoms with E-state index in [1.807, 2.05) is 0 Å². The molecule has 0 aliphatic carbocycles. The summed E-state index contributed by atoms with van der Waals surface area (Å²) in [5.41, 5.74) is 0.765. The second-order valence-corrected chi connectivity index (χ2v) is 5.13. The van der Waals surface area contributed by atoms with Crippen molar-refractivity contribution in [2.45, 2.75) is 13.2 Å². The summed E-state index contributed by atoms with van der Waals surface area (Å²) in [7, 11) is 0.